The van der Waals surface area contributed by atoms with E-state index in [1.165, 1.54) is 23.5 Å². The predicted octanol–water partition coefficient (Wildman–Crippen LogP) is 2.27. The number of ether oxygens (including phenoxy) is 1. The number of methoxy groups -OCH3 is 1. The molecule has 7 heteroatoms. The lowest BCUT2D eigenvalue weighted by atomic mass is 10.3. The predicted molar refractivity (Wildman–Crippen MR) is 72.7 cm³/mol. The summed E-state index contributed by atoms with van der Waals surface area (Å²) >= 11 is 5.84. The molecule has 0 fully saturated rings. The average molecular weight is 303 g/mol. The van der Waals surface area contributed by atoms with E-state index < -0.39 is 10.0 Å². The molecule has 0 radical (unpaired) electrons. The summed E-state index contributed by atoms with van der Waals surface area (Å²) in [5.41, 5.74) is 0. The first-order valence-corrected chi connectivity index (χ1v) is 7.49. The van der Waals surface area contributed by atoms with Crippen LogP contribution in [0.3, 0.4) is 0 Å². The lowest BCUT2D eigenvalue weighted by Crippen LogP contribution is -2.32. The standard InChI is InChI=1S/C12H15ClN2O3S/c1-3-15(8-4-7-14)19(16,17)12-9-10(13)5-6-11(12)18-2/h5-6,9H,3-4,8H2,1-2H3. The molecule has 1 aromatic rings. The van der Waals surface area contributed by atoms with Gasteiger partial charge in [-0.1, -0.05) is 18.5 Å². The number of nitriles is 1. The van der Waals surface area contributed by atoms with Crippen molar-refractivity contribution >= 4 is 21.6 Å². The molecule has 0 saturated heterocycles. The van der Waals surface area contributed by atoms with Crippen molar-refractivity contribution in [2.75, 3.05) is 20.2 Å². The van der Waals surface area contributed by atoms with Gasteiger partial charge < -0.3 is 4.74 Å². The highest BCUT2D eigenvalue weighted by Crippen LogP contribution is 2.29. The van der Waals surface area contributed by atoms with E-state index in [4.69, 9.17) is 21.6 Å². The molecule has 0 aliphatic rings. The highest BCUT2D eigenvalue weighted by atomic mass is 35.5. The van der Waals surface area contributed by atoms with Gasteiger partial charge in [-0.2, -0.15) is 9.57 Å². The molecule has 0 atom stereocenters. The summed E-state index contributed by atoms with van der Waals surface area (Å²) < 4.78 is 31.2. The van der Waals surface area contributed by atoms with Crippen LogP contribution < -0.4 is 4.74 Å². The van der Waals surface area contributed by atoms with Gasteiger partial charge in [-0.25, -0.2) is 8.42 Å². The van der Waals surface area contributed by atoms with Crippen LogP contribution in [-0.4, -0.2) is 32.9 Å². The molecule has 5 nitrogen and oxygen atoms in total. The van der Waals surface area contributed by atoms with Gasteiger partial charge in [0.25, 0.3) is 0 Å². The molecule has 0 saturated carbocycles. The third-order valence-corrected chi connectivity index (χ3v) is 4.80. The fourth-order valence-electron chi connectivity index (χ4n) is 1.61. The molecule has 0 N–H and O–H groups in total. The molecule has 0 aliphatic carbocycles. The van der Waals surface area contributed by atoms with E-state index in [1.54, 1.807) is 13.0 Å². The van der Waals surface area contributed by atoms with E-state index in [-0.39, 0.29) is 30.2 Å². The number of hydrogen-bond acceptors (Lipinski definition) is 4. The molecule has 0 spiro atoms. The monoisotopic (exact) mass is 302 g/mol. The minimum Gasteiger partial charge on any atom is -0.495 e. The lowest BCUT2D eigenvalue weighted by molar-refractivity contribution is 0.394. The molecule has 0 bridgehead atoms. The Morgan fingerprint density at radius 1 is 1.47 bits per heavy atom. The van der Waals surface area contributed by atoms with E-state index in [0.29, 0.717) is 5.02 Å². The van der Waals surface area contributed by atoms with Crippen molar-refractivity contribution in [2.24, 2.45) is 0 Å². The van der Waals surface area contributed by atoms with E-state index in [9.17, 15) is 8.42 Å². The van der Waals surface area contributed by atoms with Gasteiger partial charge in [0, 0.05) is 24.5 Å². The minimum atomic E-state index is -3.72. The van der Waals surface area contributed by atoms with Gasteiger partial charge in [-0.05, 0) is 18.2 Å². The molecule has 19 heavy (non-hydrogen) atoms. The maximum atomic E-state index is 12.5. The molecule has 0 aromatic heterocycles. The summed E-state index contributed by atoms with van der Waals surface area (Å²) in [5, 5.41) is 8.89. The van der Waals surface area contributed by atoms with Crippen LogP contribution in [0, 0.1) is 11.3 Å². The molecule has 0 aliphatic heterocycles. The second-order valence-corrected chi connectivity index (χ2v) is 6.04. The van der Waals surface area contributed by atoms with Crippen LogP contribution >= 0.6 is 11.6 Å². The van der Waals surface area contributed by atoms with Crippen LogP contribution in [0.1, 0.15) is 13.3 Å². The molecule has 104 valence electrons. The highest BCUT2D eigenvalue weighted by Gasteiger charge is 2.26. The van der Waals surface area contributed by atoms with Crippen molar-refractivity contribution in [3.05, 3.63) is 23.2 Å². The number of benzene rings is 1. The third-order valence-electron chi connectivity index (χ3n) is 2.57. The first kappa shape index (κ1) is 15.8. The van der Waals surface area contributed by atoms with Gasteiger partial charge in [-0.15, -0.1) is 0 Å². The number of halogens is 1. The van der Waals surface area contributed by atoms with Crippen LogP contribution in [0.5, 0.6) is 5.75 Å². The van der Waals surface area contributed by atoms with E-state index in [1.807, 2.05) is 6.07 Å². The first-order valence-electron chi connectivity index (χ1n) is 5.68. The van der Waals surface area contributed by atoms with Gasteiger partial charge in [0.15, 0.2) is 0 Å². The Labute approximate surface area is 118 Å². The van der Waals surface area contributed by atoms with Gasteiger partial charge in [0.2, 0.25) is 10.0 Å². The van der Waals surface area contributed by atoms with E-state index in [2.05, 4.69) is 0 Å². The first-order chi connectivity index (χ1) is 8.97. The minimum absolute atomic E-state index is 0.0160. The second kappa shape index (κ2) is 6.75. The maximum Gasteiger partial charge on any atom is 0.246 e. The Hall–Kier alpha value is -1.29. The molecular weight excluding hydrogens is 288 g/mol. The van der Waals surface area contributed by atoms with Crippen molar-refractivity contribution in [1.82, 2.24) is 4.31 Å². The molecule has 0 heterocycles. The summed E-state index contributed by atoms with van der Waals surface area (Å²) in [4.78, 5) is 0.0160. The zero-order chi connectivity index (χ0) is 14.5. The quantitative estimate of drug-likeness (QED) is 0.808. The van der Waals surface area contributed by atoms with Crippen LogP contribution in [0.4, 0.5) is 0 Å². The summed E-state index contributed by atoms with van der Waals surface area (Å²) in [7, 11) is -2.32. The summed E-state index contributed by atoms with van der Waals surface area (Å²) in [6, 6.07) is 6.35. The molecule has 1 aromatic carbocycles. The normalized spacial score (nSPS) is 11.3. The third kappa shape index (κ3) is 3.60. The number of sulfonamides is 1. The summed E-state index contributed by atoms with van der Waals surface area (Å²) in [6.07, 6.45) is 0.135. The fraction of sp³-hybridized carbons (Fsp3) is 0.417. The molecule has 0 unspecified atom stereocenters. The lowest BCUT2D eigenvalue weighted by Gasteiger charge is -2.20. The Bertz CT molecular complexity index is 581. The second-order valence-electron chi connectivity index (χ2n) is 3.70. The zero-order valence-corrected chi connectivity index (χ0v) is 12.3. The fourth-order valence-corrected chi connectivity index (χ4v) is 3.48. The zero-order valence-electron chi connectivity index (χ0n) is 10.8. The summed E-state index contributed by atoms with van der Waals surface area (Å²) in [6.45, 7) is 2.14. The van der Waals surface area contributed by atoms with Crippen molar-refractivity contribution < 1.29 is 13.2 Å². The Kier molecular flexibility index (Phi) is 5.60. The average Bonchev–Trinajstić information content (AvgIpc) is 2.39. The van der Waals surface area contributed by atoms with Crippen LogP contribution in [-0.2, 0) is 10.0 Å². The molecular formula is C12H15ClN2O3S. The topological polar surface area (TPSA) is 70.4 Å². The largest absolute Gasteiger partial charge is 0.495 e. The maximum absolute atomic E-state index is 12.5. The highest BCUT2D eigenvalue weighted by molar-refractivity contribution is 7.89. The Morgan fingerprint density at radius 3 is 2.68 bits per heavy atom. The number of rotatable bonds is 6. The van der Waals surface area contributed by atoms with Crippen molar-refractivity contribution in [3.63, 3.8) is 0 Å². The van der Waals surface area contributed by atoms with E-state index in [0.717, 1.165) is 0 Å². The van der Waals surface area contributed by atoms with Crippen LogP contribution in [0.2, 0.25) is 5.02 Å². The van der Waals surface area contributed by atoms with E-state index >= 15 is 0 Å². The molecule has 0 amide bonds. The summed E-state index contributed by atoms with van der Waals surface area (Å²) in [5.74, 6) is 0.236. The Morgan fingerprint density at radius 2 is 2.16 bits per heavy atom. The van der Waals surface area contributed by atoms with Gasteiger partial charge in [-0.3, -0.25) is 0 Å². The van der Waals surface area contributed by atoms with Crippen molar-refractivity contribution in [2.45, 2.75) is 18.2 Å². The van der Waals surface area contributed by atoms with Crippen molar-refractivity contribution in [3.8, 4) is 11.8 Å². The number of nitrogens with zero attached hydrogens (tertiary/aromatic N) is 2. The molecule has 1 rings (SSSR count). The van der Waals surface area contributed by atoms with Crippen molar-refractivity contribution in [1.29, 1.82) is 5.26 Å². The Balaban J connectivity index is 3.25. The smallest absolute Gasteiger partial charge is 0.246 e. The number of hydrogen-bond donors (Lipinski definition) is 0. The van der Waals surface area contributed by atoms with Gasteiger partial charge in [0.05, 0.1) is 13.2 Å². The van der Waals surface area contributed by atoms with Crippen LogP contribution in [0.15, 0.2) is 23.1 Å². The SMILES string of the molecule is CCN(CCC#N)S(=O)(=O)c1cc(Cl)ccc1OC. The van der Waals surface area contributed by atoms with Gasteiger partial charge in [0.1, 0.15) is 10.6 Å². The van der Waals surface area contributed by atoms with Gasteiger partial charge >= 0.3 is 0 Å². The van der Waals surface area contributed by atoms with Crippen LogP contribution in [0.25, 0.3) is 0 Å².